The van der Waals surface area contributed by atoms with Gasteiger partial charge in [0.1, 0.15) is 0 Å². The van der Waals surface area contributed by atoms with E-state index < -0.39 is 0 Å². The quantitative estimate of drug-likeness (QED) is 0.794. The van der Waals surface area contributed by atoms with Gasteiger partial charge in [0, 0.05) is 24.0 Å². The van der Waals surface area contributed by atoms with Crippen molar-refractivity contribution in [3.05, 3.63) is 23.0 Å². The number of hydrogen-bond acceptors (Lipinski definition) is 1. The molecular formula is C15H28N2. The smallest absolute Gasteiger partial charge is 0.0305 e. The van der Waals surface area contributed by atoms with Crippen LogP contribution in [0.1, 0.15) is 57.1 Å². The van der Waals surface area contributed by atoms with E-state index in [0.717, 1.165) is 13.1 Å². The van der Waals surface area contributed by atoms with Crippen molar-refractivity contribution in [2.75, 3.05) is 6.54 Å². The van der Waals surface area contributed by atoms with Crippen LogP contribution in [0.3, 0.4) is 0 Å². The van der Waals surface area contributed by atoms with Crippen molar-refractivity contribution in [2.24, 2.45) is 5.92 Å². The molecule has 0 radical (unpaired) electrons. The Hall–Kier alpha value is -0.760. The van der Waals surface area contributed by atoms with Gasteiger partial charge in [0.15, 0.2) is 0 Å². The molecule has 0 bridgehead atoms. The first kappa shape index (κ1) is 14.3. The second-order valence-electron chi connectivity index (χ2n) is 5.55. The van der Waals surface area contributed by atoms with Crippen LogP contribution in [-0.2, 0) is 6.54 Å². The Labute approximate surface area is 106 Å². The van der Waals surface area contributed by atoms with Crippen molar-refractivity contribution < 1.29 is 0 Å². The van der Waals surface area contributed by atoms with Gasteiger partial charge in [-0.25, -0.2) is 0 Å². The SMILES string of the molecule is CC[C@@H](C)n1c(C)cc(CNCC(C)C)c1C. The molecule has 1 atom stereocenters. The lowest BCUT2D eigenvalue weighted by Gasteiger charge is -2.17. The highest BCUT2D eigenvalue weighted by molar-refractivity contribution is 5.27. The normalized spacial score (nSPS) is 13.4. The Balaban J connectivity index is 2.74. The molecule has 1 aromatic heterocycles. The lowest BCUT2D eigenvalue weighted by Crippen LogP contribution is -2.19. The number of hydrogen-bond donors (Lipinski definition) is 1. The molecule has 0 aliphatic heterocycles. The van der Waals surface area contributed by atoms with Crippen molar-refractivity contribution in [3.63, 3.8) is 0 Å². The van der Waals surface area contributed by atoms with Crippen LogP contribution in [0.2, 0.25) is 0 Å². The molecule has 0 aliphatic rings. The van der Waals surface area contributed by atoms with E-state index in [0.29, 0.717) is 12.0 Å². The molecule has 17 heavy (non-hydrogen) atoms. The van der Waals surface area contributed by atoms with Gasteiger partial charge in [-0.1, -0.05) is 20.8 Å². The summed E-state index contributed by atoms with van der Waals surface area (Å²) in [5, 5.41) is 3.53. The van der Waals surface area contributed by atoms with Crippen molar-refractivity contribution in [2.45, 2.75) is 60.5 Å². The van der Waals surface area contributed by atoms with E-state index in [-0.39, 0.29) is 0 Å². The molecule has 0 saturated heterocycles. The largest absolute Gasteiger partial charge is 0.346 e. The zero-order valence-electron chi connectivity index (χ0n) is 12.3. The van der Waals surface area contributed by atoms with Crippen LogP contribution < -0.4 is 5.32 Å². The molecule has 0 unspecified atom stereocenters. The molecule has 0 spiro atoms. The summed E-state index contributed by atoms with van der Waals surface area (Å²) in [7, 11) is 0. The number of aromatic nitrogens is 1. The van der Waals surface area contributed by atoms with Crippen molar-refractivity contribution in [3.8, 4) is 0 Å². The van der Waals surface area contributed by atoms with Gasteiger partial charge in [0.05, 0.1) is 0 Å². The summed E-state index contributed by atoms with van der Waals surface area (Å²) in [4.78, 5) is 0. The Morgan fingerprint density at radius 2 is 1.88 bits per heavy atom. The van der Waals surface area contributed by atoms with Crippen LogP contribution in [0.15, 0.2) is 6.07 Å². The molecule has 2 heteroatoms. The van der Waals surface area contributed by atoms with E-state index >= 15 is 0 Å². The highest BCUT2D eigenvalue weighted by Crippen LogP contribution is 2.22. The molecule has 0 amide bonds. The molecule has 1 heterocycles. The van der Waals surface area contributed by atoms with E-state index in [1.165, 1.54) is 23.4 Å². The van der Waals surface area contributed by atoms with Crippen LogP contribution in [0, 0.1) is 19.8 Å². The third-order valence-electron chi connectivity index (χ3n) is 3.49. The molecule has 1 N–H and O–H groups in total. The number of aryl methyl sites for hydroxylation is 1. The van der Waals surface area contributed by atoms with Gasteiger partial charge in [-0.05, 0) is 51.3 Å². The molecule has 0 aliphatic carbocycles. The maximum Gasteiger partial charge on any atom is 0.0305 e. The Morgan fingerprint density at radius 3 is 2.41 bits per heavy atom. The van der Waals surface area contributed by atoms with Crippen molar-refractivity contribution >= 4 is 0 Å². The molecule has 0 fully saturated rings. The molecule has 1 aromatic rings. The molecule has 1 rings (SSSR count). The van der Waals surface area contributed by atoms with E-state index in [1.54, 1.807) is 0 Å². The first-order chi connectivity index (χ1) is 7.97. The summed E-state index contributed by atoms with van der Waals surface area (Å²) in [6.45, 7) is 15.6. The maximum atomic E-state index is 3.53. The van der Waals surface area contributed by atoms with Crippen LogP contribution in [0.25, 0.3) is 0 Å². The van der Waals surface area contributed by atoms with Crippen LogP contribution in [-0.4, -0.2) is 11.1 Å². The van der Waals surface area contributed by atoms with Gasteiger partial charge in [-0.2, -0.15) is 0 Å². The van der Waals surface area contributed by atoms with Crippen molar-refractivity contribution in [1.29, 1.82) is 0 Å². The standard InChI is InChI=1S/C15H28N2/c1-7-12(4)17-13(5)8-15(14(17)6)10-16-9-11(2)3/h8,11-12,16H,7,9-10H2,1-6H3/t12-/m1/s1. The summed E-state index contributed by atoms with van der Waals surface area (Å²) >= 11 is 0. The van der Waals surface area contributed by atoms with Crippen LogP contribution in [0.5, 0.6) is 0 Å². The average Bonchev–Trinajstić information content (AvgIpc) is 2.53. The molecular weight excluding hydrogens is 208 g/mol. The Kier molecular flexibility index (Phi) is 5.26. The van der Waals surface area contributed by atoms with E-state index in [4.69, 9.17) is 0 Å². The predicted molar refractivity (Wildman–Crippen MR) is 75.5 cm³/mol. The molecule has 98 valence electrons. The highest BCUT2D eigenvalue weighted by atomic mass is 15.0. The third-order valence-corrected chi connectivity index (χ3v) is 3.49. The minimum absolute atomic E-state index is 0.605. The molecule has 0 saturated carbocycles. The zero-order valence-corrected chi connectivity index (χ0v) is 12.3. The van der Waals surface area contributed by atoms with Gasteiger partial charge in [0.25, 0.3) is 0 Å². The van der Waals surface area contributed by atoms with Crippen LogP contribution >= 0.6 is 0 Å². The zero-order chi connectivity index (χ0) is 13.0. The van der Waals surface area contributed by atoms with Crippen molar-refractivity contribution in [1.82, 2.24) is 9.88 Å². The van der Waals surface area contributed by atoms with Gasteiger partial charge in [-0.3, -0.25) is 0 Å². The fourth-order valence-electron chi connectivity index (χ4n) is 2.38. The van der Waals surface area contributed by atoms with E-state index in [9.17, 15) is 0 Å². The summed E-state index contributed by atoms with van der Waals surface area (Å²) in [5.41, 5.74) is 4.26. The fourth-order valence-corrected chi connectivity index (χ4v) is 2.38. The average molecular weight is 236 g/mol. The lowest BCUT2D eigenvalue weighted by molar-refractivity contribution is 0.507. The highest BCUT2D eigenvalue weighted by Gasteiger charge is 2.12. The molecule has 2 nitrogen and oxygen atoms in total. The summed E-state index contributed by atoms with van der Waals surface area (Å²) in [6, 6.07) is 2.93. The van der Waals surface area contributed by atoms with Gasteiger partial charge >= 0.3 is 0 Å². The van der Waals surface area contributed by atoms with Crippen LogP contribution in [0.4, 0.5) is 0 Å². The summed E-state index contributed by atoms with van der Waals surface area (Å²) in [6.07, 6.45) is 1.19. The number of nitrogens with one attached hydrogen (secondary N) is 1. The second-order valence-corrected chi connectivity index (χ2v) is 5.55. The monoisotopic (exact) mass is 236 g/mol. The number of nitrogens with zero attached hydrogens (tertiary/aromatic N) is 1. The summed E-state index contributed by atoms with van der Waals surface area (Å²) < 4.78 is 2.46. The lowest BCUT2D eigenvalue weighted by atomic mass is 10.2. The van der Waals surface area contributed by atoms with Gasteiger partial charge < -0.3 is 9.88 Å². The third kappa shape index (κ3) is 3.60. The topological polar surface area (TPSA) is 17.0 Å². The number of rotatable bonds is 6. The maximum absolute atomic E-state index is 3.53. The summed E-state index contributed by atoms with van der Waals surface area (Å²) in [5.74, 6) is 0.716. The van der Waals surface area contributed by atoms with Gasteiger partial charge in [-0.15, -0.1) is 0 Å². The Bertz CT molecular complexity index is 350. The van der Waals surface area contributed by atoms with Gasteiger partial charge in [0.2, 0.25) is 0 Å². The van der Waals surface area contributed by atoms with E-state index in [2.05, 4.69) is 57.5 Å². The Morgan fingerprint density at radius 1 is 1.24 bits per heavy atom. The predicted octanol–water partition coefficient (Wildman–Crippen LogP) is 3.82. The first-order valence-corrected chi connectivity index (χ1v) is 6.85. The fraction of sp³-hybridized carbons (Fsp3) is 0.733. The second kappa shape index (κ2) is 6.25. The minimum atomic E-state index is 0.605. The van der Waals surface area contributed by atoms with E-state index in [1.807, 2.05) is 0 Å². The molecule has 0 aromatic carbocycles. The first-order valence-electron chi connectivity index (χ1n) is 6.85. The minimum Gasteiger partial charge on any atom is -0.346 e.